The maximum atomic E-state index is 13.0. The molecule has 0 bridgehead atoms. The minimum atomic E-state index is -3.20. The summed E-state index contributed by atoms with van der Waals surface area (Å²) < 4.78 is 25.3. The summed E-state index contributed by atoms with van der Waals surface area (Å²) in [4.78, 5) is 52.9. The summed E-state index contributed by atoms with van der Waals surface area (Å²) in [5.41, 5.74) is -0.0909. The van der Waals surface area contributed by atoms with Crippen molar-refractivity contribution in [3.63, 3.8) is 0 Å². The molecule has 1 unspecified atom stereocenters. The molecule has 0 spiro atoms. The van der Waals surface area contributed by atoms with Crippen molar-refractivity contribution >= 4 is 35.5 Å². The third-order valence-corrected chi connectivity index (χ3v) is 8.77. The maximum absolute atomic E-state index is 13.0. The van der Waals surface area contributed by atoms with Crippen molar-refractivity contribution in [1.82, 2.24) is 25.8 Å². The molecule has 4 heterocycles. The van der Waals surface area contributed by atoms with Gasteiger partial charge in [0.1, 0.15) is 5.70 Å². The minimum absolute atomic E-state index is 0.0380. The molecule has 3 amide bonds. The fourth-order valence-corrected chi connectivity index (χ4v) is 7.07. The fraction of sp³-hybridized carbons (Fsp3) is 0.727. The first-order valence-corrected chi connectivity index (χ1v) is 12.7. The molecule has 0 aromatic carbocycles. The number of carboxylic acids is 1. The Labute approximate surface area is 206 Å². The van der Waals surface area contributed by atoms with Crippen molar-refractivity contribution < 1.29 is 33.1 Å². The van der Waals surface area contributed by atoms with Gasteiger partial charge in [-0.1, -0.05) is 6.92 Å². The fourth-order valence-electron chi connectivity index (χ4n) is 5.59. The molecule has 0 saturated carbocycles. The lowest BCUT2D eigenvalue weighted by molar-refractivity contribution is -0.159. The lowest BCUT2D eigenvalue weighted by Gasteiger charge is -2.47. The van der Waals surface area contributed by atoms with Gasteiger partial charge in [-0.15, -0.1) is 11.8 Å². The summed E-state index contributed by atoms with van der Waals surface area (Å²) in [7, 11) is 0. The van der Waals surface area contributed by atoms with Crippen molar-refractivity contribution in [2.75, 3.05) is 26.2 Å². The second-order valence-electron chi connectivity index (χ2n) is 9.71. The lowest BCUT2D eigenvalue weighted by Crippen LogP contribution is -2.66. The molecule has 3 saturated heterocycles. The molecule has 13 heteroatoms. The van der Waals surface area contributed by atoms with Gasteiger partial charge in [-0.3, -0.25) is 14.4 Å². The van der Waals surface area contributed by atoms with E-state index in [0.717, 1.165) is 6.54 Å². The van der Waals surface area contributed by atoms with Gasteiger partial charge in [-0.2, -0.15) is 8.78 Å². The summed E-state index contributed by atoms with van der Waals surface area (Å²) in [5.74, 6) is -4.28. The number of nitrogens with one attached hydrogen (secondary N) is 3. The summed E-state index contributed by atoms with van der Waals surface area (Å²) in [5, 5.41) is 18.5. The van der Waals surface area contributed by atoms with Gasteiger partial charge in [0, 0.05) is 54.3 Å². The van der Waals surface area contributed by atoms with Crippen LogP contribution < -0.4 is 16.0 Å². The number of halogens is 2. The van der Waals surface area contributed by atoms with E-state index in [-0.39, 0.29) is 34.9 Å². The Bertz CT molecular complexity index is 949. The van der Waals surface area contributed by atoms with Crippen molar-refractivity contribution in [1.29, 1.82) is 0 Å². The zero-order valence-corrected chi connectivity index (χ0v) is 20.6. The Hall–Kier alpha value is -2.25. The molecule has 4 rings (SSSR count). The number of alkyl halides is 2. The van der Waals surface area contributed by atoms with E-state index in [9.17, 15) is 33.1 Å². The van der Waals surface area contributed by atoms with Crippen molar-refractivity contribution in [2.24, 2.45) is 11.8 Å². The number of carboxylic acid groups (broad SMARTS) is 1. The summed E-state index contributed by atoms with van der Waals surface area (Å²) in [6, 6.07) is -1.51. The predicted octanol–water partition coefficient (Wildman–Crippen LogP) is -0.187. The molecule has 10 nitrogen and oxygen atoms in total. The second-order valence-corrected chi connectivity index (χ2v) is 11.0. The molecule has 4 aliphatic rings. The van der Waals surface area contributed by atoms with Crippen LogP contribution in [0.4, 0.5) is 8.78 Å². The number of fused-ring (bicyclic) bond motifs is 1. The quantitative estimate of drug-likeness (QED) is 0.344. The third kappa shape index (κ3) is 4.77. The molecule has 0 radical (unpaired) electrons. The normalized spacial score (nSPS) is 33.6. The number of carbonyl (C=O) groups is 4. The Balaban J connectivity index is 1.43. The molecule has 0 aliphatic carbocycles. The Kier molecular flexibility index (Phi) is 7.39. The smallest absolute Gasteiger partial charge is 0.353 e. The maximum Gasteiger partial charge on any atom is 0.353 e. The van der Waals surface area contributed by atoms with Crippen molar-refractivity contribution in [3.8, 4) is 0 Å². The van der Waals surface area contributed by atoms with Gasteiger partial charge >= 0.3 is 12.4 Å². The third-order valence-electron chi connectivity index (χ3n) is 7.26. The number of thioether (sulfide) groups is 1. The van der Waals surface area contributed by atoms with E-state index in [0.29, 0.717) is 31.0 Å². The predicted molar refractivity (Wildman–Crippen MR) is 123 cm³/mol. The molecule has 0 aromatic heterocycles. The van der Waals surface area contributed by atoms with Gasteiger partial charge < -0.3 is 30.9 Å². The van der Waals surface area contributed by atoms with Crippen LogP contribution in [0, 0.1) is 11.8 Å². The minimum Gasteiger partial charge on any atom is -0.477 e. The van der Waals surface area contributed by atoms with Crippen molar-refractivity contribution in [3.05, 3.63) is 10.6 Å². The molecule has 3 fully saturated rings. The first-order chi connectivity index (χ1) is 16.5. The first-order valence-electron chi connectivity index (χ1n) is 11.8. The van der Waals surface area contributed by atoms with Gasteiger partial charge in [-0.25, -0.2) is 4.79 Å². The average molecular weight is 516 g/mol. The van der Waals surface area contributed by atoms with Gasteiger partial charge in [-0.05, 0) is 20.3 Å². The number of hydrogen-bond donors (Lipinski definition) is 4. The summed E-state index contributed by atoms with van der Waals surface area (Å²) in [6.45, 7) is 7.86. The van der Waals surface area contributed by atoms with Crippen LogP contribution in [0.5, 0.6) is 0 Å². The topological polar surface area (TPSA) is 131 Å². The van der Waals surface area contributed by atoms with E-state index in [1.54, 1.807) is 0 Å². The molecule has 0 aromatic rings. The molecular weight excluding hydrogens is 484 g/mol. The van der Waals surface area contributed by atoms with Crippen molar-refractivity contribution in [2.45, 2.75) is 63.0 Å². The van der Waals surface area contributed by atoms with Gasteiger partial charge in [0.05, 0.1) is 18.0 Å². The van der Waals surface area contributed by atoms with Crippen LogP contribution in [0.3, 0.4) is 0 Å². The number of carbonyl (C=O) groups excluding carboxylic acids is 3. The summed E-state index contributed by atoms with van der Waals surface area (Å²) in [6.07, 6.45) is -2.66. The van der Waals surface area contributed by atoms with E-state index < -0.39 is 42.2 Å². The molecule has 35 heavy (non-hydrogen) atoms. The molecule has 4 aliphatic heterocycles. The zero-order valence-electron chi connectivity index (χ0n) is 19.8. The highest BCUT2D eigenvalue weighted by Gasteiger charge is 2.60. The van der Waals surface area contributed by atoms with Crippen LogP contribution in [0.15, 0.2) is 10.6 Å². The Morgan fingerprint density at radius 2 is 1.94 bits per heavy atom. The molecule has 7 atom stereocenters. The highest BCUT2D eigenvalue weighted by atomic mass is 32.2. The van der Waals surface area contributed by atoms with Crippen LogP contribution >= 0.6 is 11.8 Å². The van der Waals surface area contributed by atoms with Crippen LogP contribution in [-0.4, -0.2) is 101 Å². The lowest BCUT2D eigenvalue weighted by atomic mass is 9.78. The zero-order chi connectivity index (χ0) is 25.6. The molecule has 4 N–H and O–H groups in total. The Morgan fingerprint density at radius 3 is 2.57 bits per heavy atom. The highest BCUT2D eigenvalue weighted by Crippen LogP contribution is 2.51. The van der Waals surface area contributed by atoms with Gasteiger partial charge in [0.2, 0.25) is 11.8 Å². The number of nitrogens with zero attached hydrogens (tertiary/aromatic N) is 2. The van der Waals surface area contributed by atoms with E-state index in [4.69, 9.17) is 0 Å². The number of rotatable bonds is 7. The number of β-lactam (4-membered cyclic amide) rings is 1. The average Bonchev–Trinajstić information content (AvgIpc) is 3.35. The SMILES string of the molecule is CC(NC(=O)C(F)F)[C@H]1C(=O)N2C(C(=O)O)=C(S[C@@H]3CN[C@H](C(=O)N4CCN[C@@H](C)C4)C3)[C@H](C)[C@H]12. The van der Waals surface area contributed by atoms with Crippen LogP contribution in [-0.2, 0) is 19.2 Å². The first kappa shape index (κ1) is 25.8. The standard InChI is InChI=1S/C22H31F2N5O5S/c1-9-8-28(5-4-25-9)20(31)13-6-12(7-26-13)35-17-10(2)15-14(11(3)27-19(30)18(23)24)21(32)29(15)16(17)22(33)34/h9-15,18,25-26H,4-8H2,1-3H3,(H,27,30)(H,33,34)/t9-,10+,11?,12-,13-,14+,15+/m0/s1. The number of piperazine rings is 1. The monoisotopic (exact) mass is 515 g/mol. The second kappa shape index (κ2) is 10.0. The number of hydrogen-bond acceptors (Lipinski definition) is 7. The van der Waals surface area contributed by atoms with Crippen LogP contribution in [0.1, 0.15) is 27.2 Å². The summed E-state index contributed by atoms with van der Waals surface area (Å²) >= 11 is 1.36. The van der Waals surface area contributed by atoms with E-state index in [2.05, 4.69) is 16.0 Å². The van der Waals surface area contributed by atoms with Crippen LogP contribution in [0.25, 0.3) is 0 Å². The van der Waals surface area contributed by atoms with E-state index >= 15 is 0 Å². The largest absolute Gasteiger partial charge is 0.477 e. The van der Waals surface area contributed by atoms with E-state index in [1.165, 1.54) is 23.6 Å². The highest BCUT2D eigenvalue weighted by molar-refractivity contribution is 8.03. The number of aliphatic carboxylic acids is 1. The molecular formula is C22H31F2N5O5S. The van der Waals surface area contributed by atoms with Gasteiger partial charge in [0.25, 0.3) is 5.91 Å². The van der Waals surface area contributed by atoms with Gasteiger partial charge in [0.15, 0.2) is 0 Å². The number of amides is 3. The van der Waals surface area contributed by atoms with E-state index in [1.807, 2.05) is 18.7 Å². The van der Waals surface area contributed by atoms with Crippen LogP contribution in [0.2, 0.25) is 0 Å². The Morgan fingerprint density at radius 1 is 1.23 bits per heavy atom. The molecule has 194 valence electrons.